The number of aryl methyl sites for hydroxylation is 4. The number of nitrogens with zero attached hydrogens (tertiary/aromatic N) is 3. The van der Waals surface area contributed by atoms with Crippen molar-refractivity contribution in [3.63, 3.8) is 0 Å². The van der Waals surface area contributed by atoms with Crippen LogP contribution >= 0.6 is 0 Å². The topological polar surface area (TPSA) is 107 Å². The Morgan fingerprint density at radius 1 is 1.39 bits per heavy atom. The molecular formula is C14H18N4O4S. The second kappa shape index (κ2) is 5.57. The van der Waals surface area contributed by atoms with Crippen LogP contribution in [0.4, 0.5) is 0 Å². The van der Waals surface area contributed by atoms with Crippen LogP contribution in [0.5, 0.6) is 0 Å². The highest BCUT2D eigenvalue weighted by Crippen LogP contribution is 2.23. The number of aromatic nitrogens is 3. The molecule has 0 aliphatic heterocycles. The molecule has 0 spiro atoms. The normalized spacial score (nSPS) is 18.0. The summed E-state index contributed by atoms with van der Waals surface area (Å²) in [5.41, 5.74) is 1.78. The van der Waals surface area contributed by atoms with Gasteiger partial charge in [0, 0.05) is 19.2 Å². The van der Waals surface area contributed by atoms with Crippen molar-refractivity contribution in [1.29, 1.82) is 0 Å². The molecule has 23 heavy (non-hydrogen) atoms. The van der Waals surface area contributed by atoms with Crippen molar-refractivity contribution < 1.29 is 12.9 Å². The molecule has 0 aromatic carbocycles. The summed E-state index contributed by atoms with van der Waals surface area (Å²) < 4.78 is 34.0. The molecule has 0 bridgehead atoms. The van der Waals surface area contributed by atoms with E-state index in [4.69, 9.17) is 4.52 Å². The Morgan fingerprint density at radius 2 is 2.13 bits per heavy atom. The molecule has 1 unspecified atom stereocenters. The van der Waals surface area contributed by atoms with Gasteiger partial charge in [0.05, 0.1) is 5.69 Å². The van der Waals surface area contributed by atoms with Gasteiger partial charge in [0.2, 0.25) is 10.0 Å². The minimum Gasteiger partial charge on any atom is -0.360 e. The van der Waals surface area contributed by atoms with Gasteiger partial charge in [0.15, 0.2) is 5.76 Å². The maximum Gasteiger partial charge on any atom is 0.266 e. The summed E-state index contributed by atoms with van der Waals surface area (Å²) in [6.45, 7) is 3.16. The van der Waals surface area contributed by atoms with Crippen LogP contribution in [-0.2, 0) is 29.9 Å². The molecule has 9 heteroatoms. The van der Waals surface area contributed by atoms with Crippen LogP contribution in [0.15, 0.2) is 20.3 Å². The first-order valence-corrected chi connectivity index (χ1v) is 8.77. The summed E-state index contributed by atoms with van der Waals surface area (Å²) in [5.74, 6) is 0.266. The molecule has 1 aliphatic carbocycles. The van der Waals surface area contributed by atoms with Crippen molar-refractivity contribution in [3.05, 3.63) is 39.1 Å². The third-order valence-corrected chi connectivity index (χ3v) is 5.78. The number of hydrogen-bond donors (Lipinski definition) is 1. The molecule has 2 aromatic heterocycles. The number of sulfonamides is 1. The molecule has 124 valence electrons. The van der Waals surface area contributed by atoms with Crippen molar-refractivity contribution in [1.82, 2.24) is 19.7 Å². The molecule has 2 heterocycles. The molecule has 8 nitrogen and oxygen atoms in total. The average molecular weight is 338 g/mol. The van der Waals surface area contributed by atoms with Gasteiger partial charge in [0.25, 0.3) is 5.56 Å². The molecule has 1 aliphatic rings. The second-order valence-electron chi connectivity index (χ2n) is 5.79. The fourth-order valence-corrected chi connectivity index (χ4v) is 4.52. The molecule has 3 rings (SSSR count). The van der Waals surface area contributed by atoms with Crippen molar-refractivity contribution in [2.75, 3.05) is 0 Å². The molecule has 0 amide bonds. The average Bonchev–Trinajstić information content (AvgIpc) is 2.80. The summed E-state index contributed by atoms with van der Waals surface area (Å²) in [7, 11) is -2.10. The number of hydrogen-bond acceptors (Lipinski definition) is 6. The maximum atomic E-state index is 12.5. The predicted molar refractivity (Wildman–Crippen MR) is 81.6 cm³/mol. The molecule has 0 radical (unpaired) electrons. The zero-order valence-corrected chi connectivity index (χ0v) is 14.0. The predicted octanol–water partition coefficient (Wildman–Crippen LogP) is 0.221. The van der Waals surface area contributed by atoms with Crippen LogP contribution < -0.4 is 10.3 Å². The van der Waals surface area contributed by atoms with Gasteiger partial charge in [-0.25, -0.2) is 17.8 Å². The van der Waals surface area contributed by atoms with Gasteiger partial charge in [0.1, 0.15) is 10.6 Å². The number of fused-ring (bicyclic) bond motifs is 1. The lowest BCUT2D eigenvalue weighted by Crippen LogP contribution is -2.40. The van der Waals surface area contributed by atoms with E-state index < -0.39 is 10.0 Å². The minimum atomic E-state index is -3.71. The molecule has 2 aromatic rings. The molecule has 1 atom stereocenters. The van der Waals surface area contributed by atoms with Crippen LogP contribution in [0.1, 0.15) is 29.1 Å². The zero-order chi connectivity index (χ0) is 16.8. The van der Waals surface area contributed by atoms with E-state index in [-0.39, 0.29) is 22.3 Å². The van der Waals surface area contributed by atoms with E-state index in [0.717, 1.165) is 11.3 Å². The standard InChI is InChI=1S/C14H18N4O4S/c1-8-14(9(2)22-16-8)23(20,21)17-11-4-5-12-10(6-11)7-13(19)18(3)15-12/h7,11,17H,4-6H2,1-3H3. The molecule has 0 fully saturated rings. The minimum absolute atomic E-state index is 0.0883. The molecule has 0 saturated heterocycles. The lowest BCUT2D eigenvalue weighted by atomic mass is 9.93. The smallest absolute Gasteiger partial charge is 0.266 e. The summed E-state index contributed by atoms with van der Waals surface area (Å²) in [6.07, 6.45) is 1.69. The SMILES string of the molecule is Cc1noc(C)c1S(=O)(=O)NC1CCc2nn(C)c(=O)cc2C1. The van der Waals surface area contributed by atoms with E-state index in [9.17, 15) is 13.2 Å². The fourth-order valence-electron chi connectivity index (χ4n) is 2.92. The van der Waals surface area contributed by atoms with Gasteiger partial charge in [-0.3, -0.25) is 4.79 Å². The lowest BCUT2D eigenvalue weighted by Gasteiger charge is -2.24. The Labute approximate surface area is 133 Å². The molecular weight excluding hydrogens is 320 g/mol. The first-order valence-electron chi connectivity index (χ1n) is 7.29. The zero-order valence-electron chi connectivity index (χ0n) is 13.2. The quantitative estimate of drug-likeness (QED) is 0.858. The fraction of sp³-hybridized carbons (Fsp3) is 0.500. The highest BCUT2D eigenvalue weighted by atomic mass is 32.2. The number of nitrogens with one attached hydrogen (secondary N) is 1. The van der Waals surface area contributed by atoms with E-state index >= 15 is 0 Å². The summed E-state index contributed by atoms with van der Waals surface area (Å²) >= 11 is 0. The van der Waals surface area contributed by atoms with E-state index in [1.165, 1.54) is 10.7 Å². The van der Waals surface area contributed by atoms with Gasteiger partial charge in [-0.1, -0.05) is 5.16 Å². The van der Waals surface area contributed by atoms with E-state index in [1.54, 1.807) is 20.9 Å². The van der Waals surface area contributed by atoms with Crippen LogP contribution in [0.3, 0.4) is 0 Å². The van der Waals surface area contributed by atoms with E-state index in [1.807, 2.05) is 0 Å². The summed E-state index contributed by atoms with van der Waals surface area (Å²) in [4.78, 5) is 11.8. The first kappa shape index (κ1) is 15.9. The van der Waals surface area contributed by atoms with Gasteiger partial charge >= 0.3 is 0 Å². The first-order chi connectivity index (χ1) is 10.8. The van der Waals surface area contributed by atoms with Gasteiger partial charge < -0.3 is 4.52 Å². The lowest BCUT2D eigenvalue weighted by molar-refractivity contribution is 0.390. The van der Waals surface area contributed by atoms with Gasteiger partial charge in [-0.05, 0) is 38.7 Å². The van der Waals surface area contributed by atoms with Crippen LogP contribution in [-0.4, -0.2) is 29.4 Å². The Kier molecular flexibility index (Phi) is 3.85. The third-order valence-electron chi connectivity index (χ3n) is 4.01. The Hall–Kier alpha value is -2.00. The maximum absolute atomic E-state index is 12.5. The monoisotopic (exact) mass is 338 g/mol. The summed E-state index contributed by atoms with van der Waals surface area (Å²) in [6, 6.07) is 1.24. The Bertz CT molecular complexity index is 894. The third kappa shape index (κ3) is 2.93. The largest absolute Gasteiger partial charge is 0.360 e. The van der Waals surface area contributed by atoms with E-state index in [2.05, 4.69) is 15.0 Å². The van der Waals surface area contributed by atoms with Gasteiger partial charge in [-0.2, -0.15) is 5.10 Å². The summed E-state index contributed by atoms with van der Waals surface area (Å²) in [5, 5.41) is 7.91. The van der Waals surface area contributed by atoms with Gasteiger partial charge in [-0.15, -0.1) is 0 Å². The number of rotatable bonds is 3. The van der Waals surface area contributed by atoms with Crippen molar-refractivity contribution in [3.8, 4) is 0 Å². The van der Waals surface area contributed by atoms with Crippen LogP contribution in [0.2, 0.25) is 0 Å². The Balaban J connectivity index is 1.85. The highest BCUT2D eigenvalue weighted by Gasteiger charge is 2.29. The van der Waals surface area contributed by atoms with Crippen molar-refractivity contribution >= 4 is 10.0 Å². The van der Waals surface area contributed by atoms with Crippen molar-refractivity contribution in [2.24, 2.45) is 7.05 Å². The van der Waals surface area contributed by atoms with Crippen LogP contribution in [0.25, 0.3) is 0 Å². The van der Waals surface area contributed by atoms with Crippen LogP contribution in [0, 0.1) is 13.8 Å². The highest BCUT2D eigenvalue weighted by molar-refractivity contribution is 7.89. The molecule has 1 N–H and O–H groups in total. The Morgan fingerprint density at radius 3 is 2.78 bits per heavy atom. The second-order valence-corrected chi connectivity index (χ2v) is 7.44. The molecule has 0 saturated carbocycles. The van der Waals surface area contributed by atoms with E-state index in [0.29, 0.717) is 25.0 Å². The van der Waals surface area contributed by atoms with Crippen molar-refractivity contribution in [2.45, 2.75) is 44.0 Å².